The van der Waals surface area contributed by atoms with Crippen molar-refractivity contribution >= 4 is 5.95 Å². The van der Waals surface area contributed by atoms with Crippen LogP contribution in [0.5, 0.6) is 11.5 Å². The summed E-state index contributed by atoms with van der Waals surface area (Å²) in [5, 5.41) is 2.98. The monoisotopic (exact) mass is 245 g/mol. The second kappa shape index (κ2) is 4.25. The lowest BCUT2D eigenvalue weighted by Gasteiger charge is -2.20. The van der Waals surface area contributed by atoms with E-state index in [0.29, 0.717) is 13.2 Å². The zero-order chi connectivity index (χ0) is 12.5. The number of aromatic amines is 1. The number of benzene rings is 1. The van der Waals surface area contributed by atoms with Gasteiger partial charge in [-0.1, -0.05) is 0 Å². The third-order valence-electron chi connectivity index (χ3n) is 2.99. The fraction of sp³-hybridized carbons (Fsp3) is 0.308. The zero-order valence-corrected chi connectivity index (χ0v) is 10.4. The van der Waals surface area contributed by atoms with Crippen LogP contribution in [-0.2, 0) is 0 Å². The molecule has 0 unspecified atom stereocenters. The van der Waals surface area contributed by atoms with E-state index in [0.717, 1.165) is 34.3 Å². The lowest BCUT2D eigenvalue weighted by Crippen LogP contribution is -2.15. The molecule has 0 fully saturated rings. The highest BCUT2D eigenvalue weighted by Gasteiger charge is 2.15. The predicted octanol–water partition coefficient (Wildman–Crippen LogP) is 2.20. The number of imidazole rings is 1. The summed E-state index contributed by atoms with van der Waals surface area (Å²) in [4.78, 5) is 7.43. The number of nitrogens with one attached hydrogen (secondary N) is 2. The molecule has 1 aliphatic rings. The van der Waals surface area contributed by atoms with Gasteiger partial charge in [0.2, 0.25) is 0 Å². The van der Waals surface area contributed by atoms with Gasteiger partial charge in [-0.05, 0) is 24.6 Å². The van der Waals surface area contributed by atoms with Crippen LogP contribution in [0.4, 0.5) is 5.95 Å². The average molecular weight is 245 g/mol. The van der Waals surface area contributed by atoms with E-state index in [1.165, 1.54) is 0 Å². The summed E-state index contributed by atoms with van der Waals surface area (Å²) < 4.78 is 11.2. The molecular formula is C13H15N3O2. The minimum Gasteiger partial charge on any atom is -0.486 e. The number of H-pyrrole nitrogens is 1. The van der Waals surface area contributed by atoms with Gasteiger partial charge in [-0.2, -0.15) is 0 Å². The number of ether oxygens (including phenoxy) is 2. The van der Waals surface area contributed by atoms with E-state index in [9.17, 15) is 0 Å². The largest absolute Gasteiger partial charge is 0.486 e. The van der Waals surface area contributed by atoms with E-state index in [4.69, 9.17) is 9.47 Å². The van der Waals surface area contributed by atoms with E-state index >= 15 is 0 Å². The van der Waals surface area contributed by atoms with Crippen molar-refractivity contribution in [3.63, 3.8) is 0 Å². The summed E-state index contributed by atoms with van der Waals surface area (Å²) in [6.07, 6.45) is 1.81. The second-order valence-electron chi connectivity index (χ2n) is 4.21. The van der Waals surface area contributed by atoms with Gasteiger partial charge in [-0.3, -0.25) is 0 Å². The van der Waals surface area contributed by atoms with Gasteiger partial charge in [0.1, 0.15) is 13.2 Å². The summed E-state index contributed by atoms with van der Waals surface area (Å²) >= 11 is 0. The fourth-order valence-electron chi connectivity index (χ4n) is 2.07. The van der Waals surface area contributed by atoms with Crippen LogP contribution in [0.15, 0.2) is 18.3 Å². The molecule has 0 aliphatic carbocycles. The quantitative estimate of drug-likeness (QED) is 0.851. The predicted molar refractivity (Wildman–Crippen MR) is 69.3 cm³/mol. The lowest BCUT2D eigenvalue weighted by atomic mass is 10.1. The van der Waals surface area contributed by atoms with Crippen molar-refractivity contribution in [2.75, 3.05) is 25.6 Å². The Morgan fingerprint density at radius 2 is 1.94 bits per heavy atom. The van der Waals surface area contributed by atoms with Crippen molar-refractivity contribution in [3.05, 3.63) is 23.9 Å². The van der Waals surface area contributed by atoms with Crippen LogP contribution < -0.4 is 14.8 Å². The van der Waals surface area contributed by atoms with Gasteiger partial charge in [0.25, 0.3) is 0 Å². The second-order valence-corrected chi connectivity index (χ2v) is 4.21. The van der Waals surface area contributed by atoms with Gasteiger partial charge < -0.3 is 19.8 Å². The number of hydrogen-bond donors (Lipinski definition) is 2. The van der Waals surface area contributed by atoms with Crippen molar-refractivity contribution in [2.24, 2.45) is 0 Å². The number of fused-ring (bicyclic) bond motifs is 1. The van der Waals surface area contributed by atoms with Crippen LogP contribution in [0, 0.1) is 6.92 Å². The molecule has 2 N–H and O–H groups in total. The maximum absolute atomic E-state index is 5.60. The molecule has 2 heterocycles. The highest BCUT2D eigenvalue weighted by molar-refractivity contribution is 5.69. The number of anilines is 1. The first-order valence-corrected chi connectivity index (χ1v) is 5.91. The summed E-state index contributed by atoms with van der Waals surface area (Å²) in [6, 6.07) is 4.00. The standard InChI is InChI=1S/C13H15N3O2/c1-8-5-11-12(18-4-3-17-11)6-9(8)10-7-15-13(14-2)16-10/h5-7H,3-4H2,1-2H3,(H2,14,15,16). The maximum atomic E-state index is 5.60. The first kappa shape index (κ1) is 11.0. The molecule has 5 nitrogen and oxygen atoms in total. The molecule has 2 aromatic rings. The Kier molecular flexibility index (Phi) is 2.59. The van der Waals surface area contributed by atoms with E-state index in [1.807, 2.05) is 32.3 Å². The van der Waals surface area contributed by atoms with Crippen molar-refractivity contribution in [1.82, 2.24) is 9.97 Å². The van der Waals surface area contributed by atoms with Crippen molar-refractivity contribution in [3.8, 4) is 22.8 Å². The molecule has 18 heavy (non-hydrogen) atoms. The molecule has 0 saturated heterocycles. The summed E-state index contributed by atoms with van der Waals surface area (Å²) in [5.74, 6) is 2.36. The Hall–Kier alpha value is -2.17. The summed E-state index contributed by atoms with van der Waals surface area (Å²) in [5.41, 5.74) is 3.17. The highest BCUT2D eigenvalue weighted by atomic mass is 16.6. The minimum atomic E-state index is 0.597. The Morgan fingerprint density at radius 3 is 2.61 bits per heavy atom. The third kappa shape index (κ3) is 1.77. The topological polar surface area (TPSA) is 59.2 Å². The Morgan fingerprint density at radius 1 is 1.22 bits per heavy atom. The maximum Gasteiger partial charge on any atom is 0.200 e. The highest BCUT2D eigenvalue weighted by Crippen LogP contribution is 2.36. The van der Waals surface area contributed by atoms with Crippen LogP contribution in [0.2, 0.25) is 0 Å². The minimum absolute atomic E-state index is 0.597. The number of hydrogen-bond acceptors (Lipinski definition) is 4. The van der Waals surface area contributed by atoms with Crippen LogP contribution in [0.1, 0.15) is 5.56 Å². The molecule has 0 radical (unpaired) electrons. The molecular weight excluding hydrogens is 230 g/mol. The third-order valence-corrected chi connectivity index (χ3v) is 2.99. The van der Waals surface area contributed by atoms with Gasteiger partial charge in [-0.25, -0.2) is 4.98 Å². The van der Waals surface area contributed by atoms with Crippen molar-refractivity contribution in [2.45, 2.75) is 6.92 Å². The number of rotatable bonds is 2. The smallest absolute Gasteiger partial charge is 0.200 e. The first-order valence-electron chi connectivity index (χ1n) is 5.91. The number of aryl methyl sites for hydroxylation is 1. The van der Waals surface area contributed by atoms with Gasteiger partial charge in [0, 0.05) is 12.6 Å². The molecule has 0 atom stereocenters. The average Bonchev–Trinajstić information content (AvgIpc) is 2.86. The van der Waals surface area contributed by atoms with E-state index in [1.54, 1.807) is 0 Å². The molecule has 0 saturated carbocycles. The van der Waals surface area contributed by atoms with Crippen molar-refractivity contribution < 1.29 is 9.47 Å². The molecule has 0 amide bonds. The summed E-state index contributed by atoms with van der Waals surface area (Å²) in [6.45, 7) is 3.26. The van der Waals surface area contributed by atoms with E-state index < -0.39 is 0 Å². The molecule has 94 valence electrons. The molecule has 1 aromatic carbocycles. The number of aromatic nitrogens is 2. The summed E-state index contributed by atoms with van der Waals surface area (Å²) in [7, 11) is 1.83. The zero-order valence-electron chi connectivity index (χ0n) is 10.4. The van der Waals surface area contributed by atoms with Gasteiger partial charge in [0.05, 0.1) is 11.9 Å². The molecule has 0 bridgehead atoms. The Balaban J connectivity index is 2.06. The normalized spacial score (nSPS) is 13.4. The first-order chi connectivity index (χ1) is 8.78. The Bertz CT molecular complexity index is 578. The van der Waals surface area contributed by atoms with Crippen LogP contribution in [0.3, 0.4) is 0 Å². The van der Waals surface area contributed by atoms with Crippen LogP contribution in [0.25, 0.3) is 11.3 Å². The molecule has 1 aromatic heterocycles. The lowest BCUT2D eigenvalue weighted by molar-refractivity contribution is 0.171. The molecule has 1 aliphatic heterocycles. The van der Waals surface area contributed by atoms with Gasteiger partial charge >= 0.3 is 0 Å². The van der Waals surface area contributed by atoms with Gasteiger partial charge in [-0.15, -0.1) is 0 Å². The van der Waals surface area contributed by atoms with Crippen LogP contribution in [-0.4, -0.2) is 30.2 Å². The Labute approximate surface area is 105 Å². The number of nitrogens with zero attached hydrogens (tertiary/aromatic N) is 1. The fourth-order valence-corrected chi connectivity index (χ4v) is 2.07. The van der Waals surface area contributed by atoms with Crippen molar-refractivity contribution in [1.29, 1.82) is 0 Å². The van der Waals surface area contributed by atoms with E-state index in [-0.39, 0.29) is 0 Å². The van der Waals surface area contributed by atoms with E-state index in [2.05, 4.69) is 15.3 Å². The molecule has 3 rings (SSSR count). The molecule has 5 heteroatoms. The van der Waals surface area contributed by atoms with Crippen LogP contribution >= 0.6 is 0 Å². The SMILES string of the molecule is CNc1ncc(-c2cc3c(cc2C)OCCO3)[nH]1. The van der Waals surface area contributed by atoms with Gasteiger partial charge in [0.15, 0.2) is 17.4 Å². The molecule has 0 spiro atoms.